The van der Waals surface area contributed by atoms with Gasteiger partial charge in [-0.25, -0.2) is 4.98 Å². The highest BCUT2D eigenvalue weighted by molar-refractivity contribution is 5.93. The van der Waals surface area contributed by atoms with Crippen LogP contribution in [-0.2, 0) is 11.2 Å². The van der Waals surface area contributed by atoms with Gasteiger partial charge in [0.05, 0.1) is 6.42 Å². The number of aromatic nitrogens is 1. The first-order valence-corrected chi connectivity index (χ1v) is 7.23. The normalized spacial score (nSPS) is 12.6. The van der Waals surface area contributed by atoms with E-state index in [1.807, 2.05) is 18.2 Å². The summed E-state index contributed by atoms with van der Waals surface area (Å²) in [5.74, 6) is 1.84. The molecule has 6 nitrogen and oxygen atoms in total. The van der Waals surface area contributed by atoms with E-state index in [4.69, 9.17) is 13.9 Å². The van der Waals surface area contributed by atoms with Gasteiger partial charge >= 0.3 is 0 Å². The molecule has 0 fully saturated rings. The van der Waals surface area contributed by atoms with Crippen LogP contribution in [-0.4, -0.2) is 17.7 Å². The zero-order chi connectivity index (χ0) is 15.8. The van der Waals surface area contributed by atoms with Crippen LogP contribution in [0.2, 0.25) is 0 Å². The van der Waals surface area contributed by atoms with E-state index in [0.717, 1.165) is 16.7 Å². The molecule has 1 amide bonds. The number of amides is 1. The summed E-state index contributed by atoms with van der Waals surface area (Å²) in [7, 11) is 0. The summed E-state index contributed by atoms with van der Waals surface area (Å²) in [6.07, 6.45) is 0.260. The Bertz CT molecular complexity index is 901. The van der Waals surface area contributed by atoms with E-state index >= 15 is 0 Å². The standard InChI is InChI=1S/C17H14N2O4/c1-10-18-13-6-11(2-4-14(13)23-10)7-17(20)19-12-3-5-15-16(8-12)22-9-21-15/h2-6,8H,7,9H2,1H3,(H,19,20). The maximum Gasteiger partial charge on any atom is 0.231 e. The van der Waals surface area contributed by atoms with Crippen molar-refractivity contribution in [1.29, 1.82) is 0 Å². The Morgan fingerprint density at radius 1 is 1.17 bits per heavy atom. The number of hydrogen-bond acceptors (Lipinski definition) is 5. The summed E-state index contributed by atoms with van der Waals surface area (Å²) in [5, 5.41) is 2.86. The first-order chi connectivity index (χ1) is 11.2. The van der Waals surface area contributed by atoms with Crippen LogP contribution >= 0.6 is 0 Å². The van der Waals surface area contributed by atoms with Crippen molar-refractivity contribution in [2.45, 2.75) is 13.3 Å². The molecule has 0 radical (unpaired) electrons. The molecule has 0 saturated carbocycles. The molecule has 2 heterocycles. The third-order valence-electron chi connectivity index (χ3n) is 3.58. The van der Waals surface area contributed by atoms with Gasteiger partial charge in [-0.05, 0) is 29.8 Å². The van der Waals surface area contributed by atoms with Crippen molar-refractivity contribution < 1.29 is 18.7 Å². The van der Waals surface area contributed by atoms with E-state index in [0.29, 0.717) is 23.1 Å². The fraction of sp³-hybridized carbons (Fsp3) is 0.176. The van der Waals surface area contributed by atoms with Gasteiger partial charge < -0.3 is 19.2 Å². The molecule has 1 aromatic heterocycles. The molecule has 2 aromatic carbocycles. The molecule has 0 aliphatic carbocycles. The molecule has 23 heavy (non-hydrogen) atoms. The highest BCUT2D eigenvalue weighted by Crippen LogP contribution is 2.34. The minimum absolute atomic E-state index is 0.108. The van der Waals surface area contributed by atoms with Crippen molar-refractivity contribution in [2.75, 3.05) is 12.1 Å². The summed E-state index contributed by atoms with van der Waals surface area (Å²) < 4.78 is 16.0. The Balaban J connectivity index is 1.48. The van der Waals surface area contributed by atoms with Crippen LogP contribution in [0.25, 0.3) is 11.1 Å². The molecular weight excluding hydrogens is 296 g/mol. The van der Waals surface area contributed by atoms with Gasteiger partial charge in [0.25, 0.3) is 0 Å². The third kappa shape index (κ3) is 2.70. The monoisotopic (exact) mass is 310 g/mol. The average Bonchev–Trinajstić information content (AvgIpc) is 3.11. The van der Waals surface area contributed by atoms with Crippen LogP contribution in [0.1, 0.15) is 11.5 Å². The van der Waals surface area contributed by atoms with Crippen molar-refractivity contribution in [3.63, 3.8) is 0 Å². The Morgan fingerprint density at radius 2 is 2.04 bits per heavy atom. The Kier molecular flexibility index (Phi) is 3.15. The first-order valence-electron chi connectivity index (χ1n) is 7.23. The van der Waals surface area contributed by atoms with Gasteiger partial charge in [-0.1, -0.05) is 6.07 Å². The molecule has 4 rings (SSSR count). The number of carbonyl (C=O) groups is 1. The maximum absolute atomic E-state index is 12.2. The number of oxazole rings is 1. The second-order valence-electron chi connectivity index (χ2n) is 5.33. The topological polar surface area (TPSA) is 73.6 Å². The summed E-state index contributed by atoms with van der Waals surface area (Å²) in [5.41, 5.74) is 3.04. The van der Waals surface area contributed by atoms with Crippen LogP contribution in [0.3, 0.4) is 0 Å². The maximum atomic E-state index is 12.2. The van der Waals surface area contributed by atoms with Gasteiger partial charge in [0.1, 0.15) is 5.52 Å². The molecule has 0 unspecified atom stereocenters. The Hall–Kier alpha value is -3.02. The van der Waals surface area contributed by atoms with E-state index in [-0.39, 0.29) is 19.1 Å². The second-order valence-corrected chi connectivity index (χ2v) is 5.33. The van der Waals surface area contributed by atoms with Crippen molar-refractivity contribution in [3.05, 3.63) is 47.9 Å². The lowest BCUT2D eigenvalue weighted by Crippen LogP contribution is -2.14. The largest absolute Gasteiger partial charge is 0.454 e. The molecule has 0 bridgehead atoms. The molecule has 1 N–H and O–H groups in total. The zero-order valence-corrected chi connectivity index (χ0v) is 12.5. The number of benzene rings is 2. The van der Waals surface area contributed by atoms with Gasteiger partial charge in [0, 0.05) is 18.7 Å². The van der Waals surface area contributed by atoms with E-state index in [2.05, 4.69) is 10.3 Å². The van der Waals surface area contributed by atoms with E-state index in [1.54, 1.807) is 25.1 Å². The highest BCUT2D eigenvalue weighted by Gasteiger charge is 2.14. The van der Waals surface area contributed by atoms with Crippen molar-refractivity contribution in [2.24, 2.45) is 0 Å². The molecule has 6 heteroatoms. The van der Waals surface area contributed by atoms with Crippen LogP contribution in [0, 0.1) is 6.92 Å². The highest BCUT2D eigenvalue weighted by atomic mass is 16.7. The third-order valence-corrected chi connectivity index (χ3v) is 3.58. The number of ether oxygens (including phenoxy) is 2. The molecule has 0 saturated heterocycles. The van der Waals surface area contributed by atoms with Crippen LogP contribution in [0.5, 0.6) is 11.5 Å². The predicted molar refractivity (Wildman–Crippen MR) is 83.6 cm³/mol. The molecular formula is C17H14N2O4. The van der Waals surface area contributed by atoms with Crippen LogP contribution in [0.15, 0.2) is 40.8 Å². The van der Waals surface area contributed by atoms with Gasteiger partial charge in [-0.3, -0.25) is 4.79 Å². The van der Waals surface area contributed by atoms with E-state index in [9.17, 15) is 4.79 Å². The Morgan fingerprint density at radius 3 is 2.96 bits per heavy atom. The number of rotatable bonds is 3. The van der Waals surface area contributed by atoms with E-state index in [1.165, 1.54) is 0 Å². The van der Waals surface area contributed by atoms with Gasteiger partial charge in [-0.15, -0.1) is 0 Å². The molecule has 1 aliphatic heterocycles. The smallest absolute Gasteiger partial charge is 0.231 e. The molecule has 116 valence electrons. The van der Waals surface area contributed by atoms with Crippen molar-refractivity contribution in [3.8, 4) is 11.5 Å². The number of aryl methyl sites for hydroxylation is 1. The van der Waals surface area contributed by atoms with Gasteiger partial charge in [0.15, 0.2) is 23.0 Å². The summed E-state index contributed by atoms with van der Waals surface area (Å²) in [6, 6.07) is 10.9. The minimum Gasteiger partial charge on any atom is -0.454 e. The Labute approximate surface area is 132 Å². The number of nitrogens with one attached hydrogen (secondary N) is 1. The summed E-state index contributed by atoms with van der Waals surface area (Å²) in [6.45, 7) is 2.01. The second kappa shape index (κ2) is 5.31. The zero-order valence-electron chi connectivity index (χ0n) is 12.5. The number of hydrogen-bond donors (Lipinski definition) is 1. The number of fused-ring (bicyclic) bond motifs is 2. The minimum atomic E-state index is -0.108. The molecule has 0 atom stereocenters. The lowest BCUT2D eigenvalue weighted by atomic mass is 10.1. The SMILES string of the molecule is Cc1nc2cc(CC(=O)Nc3ccc4c(c3)OCO4)ccc2o1. The van der Waals surface area contributed by atoms with Crippen LogP contribution < -0.4 is 14.8 Å². The van der Waals surface area contributed by atoms with Gasteiger partial charge in [-0.2, -0.15) is 0 Å². The quantitative estimate of drug-likeness (QED) is 0.805. The van der Waals surface area contributed by atoms with Crippen LogP contribution in [0.4, 0.5) is 5.69 Å². The lowest BCUT2D eigenvalue weighted by Gasteiger charge is -2.06. The predicted octanol–water partition coefficient (Wildman–Crippen LogP) is 3.05. The molecule has 0 spiro atoms. The molecule has 1 aliphatic rings. The first kappa shape index (κ1) is 13.6. The fourth-order valence-corrected chi connectivity index (χ4v) is 2.56. The number of anilines is 1. The van der Waals surface area contributed by atoms with Crippen molar-refractivity contribution in [1.82, 2.24) is 4.98 Å². The summed E-state index contributed by atoms with van der Waals surface area (Å²) >= 11 is 0. The van der Waals surface area contributed by atoms with Crippen molar-refractivity contribution >= 4 is 22.7 Å². The number of carbonyl (C=O) groups excluding carboxylic acids is 1. The average molecular weight is 310 g/mol. The van der Waals surface area contributed by atoms with E-state index < -0.39 is 0 Å². The summed E-state index contributed by atoms with van der Waals surface area (Å²) in [4.78, 5) is 16.5. The lowest BCUT2D eigenvalue weighted by molar-refractivity contribution is -0.115. The number of nitrogens with zero attached hydrogens (tertiary/aromatic N) is 1. The van der Waals surface area contributed by atoms with Gasteiger partial charge in [0.2, 0.25) is 12.7 Å². The molecule has 3 aromatic rings. The fourth-order valence-electron chi connectivity index (χ4n) is 2.56.